The summed E-state index contributed by atoms with van der Waals surface area (Å²) in [7, 11) is -1.30. The van der Waals surface area contributed by atoms with E-state index in [1.165, 1.54) is 37.3 Å². The van der Waals surface area contributed by atoms with Crippen molar-refractivity contribution in [3.8, 4) is 11.5 Å². The van der Waals surface area contributed by atoms with Crippen molar-refractivity contribution in [3.63, 3.8) is 0 Å². The summed E-state index contributed by atoms with van der Waals surface area (Å²) in [6.07, 6.45) is 4.12. The Morgan fingerprint density at radius 2 is 1.42 bits per heavy atom. The Bertz CT molecular complexity index is 1780. The molecule has 0 aliphatic heterocycles. The summed E-state index contributed by atoms with van der Waals surface area (Å²) >= 11 is 0. The highest BCUT2D eigenvalue weighted by molar-refractivity contribution is 7.92. The molecular formula is C38H43N3O6S. The highest BCUT2D eigenvalue weighted by Crippen LogP contribution is 2.34. The van der Waals surface area contributed by atoms with Crippen LogP contribution in [-0.2, 0) is 32.6 Å². The fraction of sp³-hybridized carbons (Fsp3) is 0.316. The first-order chi connectivity index (χ1) is 23.2. The molecule has 1 aliphatic carbocycles. The molecule has 5 rings (SSSR count). The van der Waals surface area contributed by atoms with Gasteiger partial charge in [-0.2, -0.15) is 0 Å². The first-order valence-electron chi connectivity index (χ1n) is 16.2. The van der Waals surface area contributed by atoms with Gasteiger partial charge in [-0.25, -0.2) is 8.42 Å². The van der Waals surface area contributed by atoms with Gasteiger partial charge in [0.2, 0.25) is 11.8 Å². The number of amides is 2. The number of methoxy groups -OCH3 is 2. The van der Waals surface area contributed by atoms with Crippen molar-refractivity contribution in [2.45, 2.75) is 62.6 Å². The second kappa shape index (κ2) is 15.8. The summed E-state index contributed by atoms with van der Waals surface area (Å²) in [5.41, 5.74) is 2.82. The van der Waals surface area contributed by atoms with Gasteiger partial charge in [0.25, 0.3) is 10.0 Å². The Morgan fingerprint density at radius 1 is 0.812 bits per heavy atom. The third kappa shape index (κ3) is 8.36. The molecule has 0 radical (unpaired) electrons. The summed E-state index contributed by atoms with van der Waals surface area (Å²) in [5.74, 6) is -0.0519. The smallest absolute Gasteiger partial charge is 0.264 e. The van der Waals surface area contributed by atoms with Gasteiger partial charge < -0.3 is 19.7 Å². The molecule has 0 bridgehead atoms. The monoisotopic (exact) mass is 669 g/mol. The first-order valence-corrected chi connectivity index (χ1v) is 17.6. The minimum absolute atomic E-state index is 0.0325. The number of hydrogen-bond acceptors (Lipinski definition) is 6. The van der Waals surface area contributed by atoms with Gasteiger partial charge in [-0.1, -0.05) is 91.2 Å². The molecule has 2 amide bonds. The minimum Gasteiger partial charge on any atom is -0.493 e. The molecule has 0 saturated heterocycles. The molecule has 0 unspecified atom stereocenters. The Balaban J connectivity index is 1.58. The van der Waals surface area contributed by atoms with Crippen molar-refractivity contribution < 1.29 is 27.5 Å². The second-order valence-electron chi connectivity index (χ2n) is 12.1. The van der Waals surface area contributed by atoms with Gasteiger partial charge in [0.05, 0.1) is 24.8 Å². The number of carbonyl (C=O) groups excluding carboxylic acids is 2. The third-order valence-electron chi connectivity index (χ3n) is 8.71. The SMILES string of the molecule is COc1ccc(N(CC(=O)N(Cc2ccccc2)[C@@H](Cc2ccccc2)C(=O)NC2CCCC2)S(=O)(=O)c2ccc(C)cc2)cc1OC. The molecule has 1 saturated carbocycles. The molecule has 1 N–H and O–H groups in total. The van der Waals surface area contributed by atoms with Crippen LogP contribution in [0.4, 0.5) is 5.69 Å². The maximum absolute atomic E-state index is 14.7. The third-order valence-corrected chi connectivity index (χ3v) is 10.5. The quantitative estimate of drug-likeness (QED) is 0.179. The number of hydrogen-bond donors (Lipinski definition) is 1. The molecule has 252 valence electrons. The topological polar surface area (TPSA) is 105 Å². The van der Waals surface area contributed by atoms with Gasteiger partial charge >= 0.3 is 0 Å². The molecule has 1 aliphatic rings. The summed E-state index contributed by atoms with van der Waals surface area (Å²) < 4.78 is 40.7. The lowest BCUT2D eigenvalue weighted by Gasteiger charge is -2.34. The van der Waals surface area contributed by atoms with Crippen LogP contribution in [0.1, 0.15) is 42.4 Å². The molecule has 48 heavy (non-hydrogen) atoms. The summed E-state index contributed by atoms with van der Waals surface area (Å²) in [5, 5.41) is 3.20. The number of ether oxygens (including phenoxy) is 2. The van der Waals surface area contributed by atoms with E-state index in [0.717, 1.165) is 46.7 Å². The maximum Gasteiger partial charge on any atom is 0.264 e. The molecule has 10 heteroatoms. The van der Waals surface area contributed by atoms with E-state index in [1.54, 1.807) is 24.3 Å². The molecule has 1 atom stereocenters. The van der Waals surface area contributed by atoms with Crippen LogP contribution in [0, 0.1) is 6.92 Å². The molecule has 0 spiro atoms. The van der Waals surface area contributed by atoms with Crippen LogP contribution in [0.2, 0.25) is 0 Å². The zero-order chi connectivity index (χ0) is 34.1. The lowest BCUT2D eigenvalue weighted by atomic mass is 10.0. The van der Waals surface area contributed by atoms with Gasteiger partial charge in [-0.3, -0.25) is 13.9 Å². The van der Waals surface area contributed by atoms with E-state index in [9.17, 15) is 18.0 Å². The number of aryl methyl sites for hydroxylation is 1. The summed E-state index contributed by atoms with van der Waals surface area (Å²) in [6.45, 7) is 1.43. The number of carbonyl (C=O) groups is 2. The van der Waals surface area contributed by atoms with Gasteiger partial charge in [0, 0.05) is 25.1 Å². The Labute approximate surface area is 283 Å². The van der Waals surface area contributed by atoms with Crippen LogP contribution in [0.5, 0.6) is 11.5 Å². The van der Waals surface area contributed by atoms with E-state index in [1.807, 2.05) is 67.6 Å². The predicted octanol–water partition coefficient (Wildman–Crippen LogP) is 5.91. The van der Waals surface area contributed by atoms with Crippen molar-refractivity contribution in [1.29, 1.82) is 0 Å². The molecule has 4 aromatic rings. The molecular weight excluding hydrogens is 627 g/mol. The zero-order valence-corrected chi connectivity index (χ0v) is 28.5. The van der Waals surface area contributed by atoms with Crippen molar-refractivity contribution in [2.75, 3.05) is 25.1 Å². The Hall–Kier alpha value is -4.83. The van der Waals surface area contributed by atoms with E-state index < -0.39 is 28.5 Å². The van der Waals surface area contributed by atoms with E-state index in [2.05, 4.69) is 5.32 Å². The van der Waals surface area contributed by atoms with E-state index in [4.69, 9.17) is 9.47 Å². The van der Waals surface area contributed by atoms with Crippen LogP contribution in [0.3, 0.4) is 0 Å². The molecule has 9 nitrogen and oxygen atoms in total. The highest BCUT2D eigenvalue weighted by atomic mass is 32.2. The number of nitrogens with zero attached hydrogens (tertiary/aromatic N) is 2. The van der Waals surface area contributed by atoms with E-state index >= 15 is 0 Å². The number of nitrogens with one attached hydrogen (secondary N) is 1. The van der Waals surface area contributed by atoms with Crippen molar-refractivity contribution in [3.05, 3.63) is 120 Å². The van der Waals surface area contributed by atoms with Crippen LogP contribution in [0.15, 0.2) is 108 Å². The molecule has 0 aromatic heterocycles. The van der Waals surface area contributed by atoms with Gasteiger partial charge in [0.1, 0.15) is 12.6 Å². The van der Waals surface area contributed by atoms with Gasteiger partial charge in [-0.15, -0.1) is 0 Å². The number of benzene rings is 4. The number of sulfonamides is 1. The standard InChI is InChI=1S/C38H43N3O6S/c1-28-18-21-33(22-19-28)48(44,45)41(32-20-23-35(46-2)36(25-32)47-3)27-37(42)40(26-30-14-8-5-9-15-30)34(24-29-12-6-4-7-13-29)38(43)39-31-16-10-11-17-31/h4-9,12-15,18-23,25,31,34H,10-11,16-17,24,26-27H2,1-3H3,(H,39,43)/t34-/m0/s1. The van der Waals surface area contributed by atoms with Gasteiger partial charge in [-0.05, 0) is 55.2 Å². The normalized spacial score (nSPS) is 13.8. The van der Waals surface area contributed by atoms with Gasteiger partial charge in [0.15, 0.2) is 11.5 Å². The van der Waals surface area contributed by atoms with Crippen LogP contribution >= 0.6 is 0 Å². The minimum atomic E-state index is -4.25. The summed E-state index contributed by atoms with van der Waals surface area (Å²) in [4.78, 5) is 30.4. The van der Waals surface area contributed by atoms with E-state index in [-0.39, 0.29) is 35.5 Å². The first kappa shape index (κ1) is 34.5. The largest absolute Gasteiger partial charge is 0.493 e. The predicted molar refractivity (Wildman–Crippen MR) is 187 cm³/mol. The molecule has 0 heterocycles. The fourth-order valence-corrected chi connectivity index (χ4v) is 7.45. The van der Waals surface area contributed by atoms with Crippen LogP contribution < -0.4 is 19.1 Å². The second-order valence-corrected chi connectivity index (χ2v) is 13.9. The Kier molecular flexibility index (Phi) is 11.4. The summed E-state index contributed by atoms with van der Waals surface area (Å²) in [6, 6.07) is 29.3. The molecule has 4 aromatic carbocycles. The zero-order valence-electron chi connectivity index (χ0n) is 27.7. The average molecular weight is 670 g/mol. The van der Waals surface area contributed by atoms with Crippen molar-refractivity contribution >= 4 is 27.5 Å². The van der Waals surface area contributed by atoms with Crippen molar-refractivity contribution in [2.24, 2.45) is 0 Å². The number of rotatable bonds is 14. The van der Waals surface area contributed by atoms with Crippen LogP contribution in [0.25, 0.3) is 0 Å². The van der Waals surface area contributed by atoms with Crippen LogP contribution in [-0.4, -0.2) is 58.0 Å². The average Bonchev–Trinajstić information content (AvgIpc) is 3.62. The highest BCUT2D eigenvalue weighted by Gasteiger charge is 2.36. The fourth-order valence-electron chi connectivity index (χ4n) is 6.05. The number of anilines is 1. The maximum atomic E-state index is 14.7. The lowest BCUT2D eigenvalue weighted by Crippen LogP contribution is -2.54. The lowest BCUT2D eigenvalue weighted by molar-refractivity contribution is -0.140. The Morgan fingerprint density at radius 3 is 2.02 bits per heavy atom. The van der Waals surface area contributed by atoms with Crippen molar-refractivity contribution in [1.82, 2.24) is 10.2 Å². The van der Waals surface area contributed by atoms with E-state index in [0.29, 0.717) is 11.5 Å². The molecule has 1 fully saturated rings.